The molecule has 0 saturated heterocycles. The fraction of sp³-hybridized carbons (Fsp3) is 0.278. The highest BCUT2D eigenvalue weighted by Crippen LogP contribution is 2.34. The molecule has 2 N–H and O–H groups in total. The van der Waals surface area contributed by atoms with Crippen LogP contribution < -0.4 is 19.5 Å². The Balaban J connectivity index is 1.69. The van der Waals surface area contributed by atoms with Crippen LogP contribution in [0, 0.1) is 0 Å². The van der Waals surface area contributed by atoms with E-state index in [1.54, 1.807) is 63.2 Å². The molecule has 138 valence electrons. The van der Waals surface area contributed by atoms with Crippen LogP contribution in [0.2, 0.25) is 0 Å². The van der Waals surface area contributed by atoms with Gasteiger partial charge in [0.05, 0.1) is 4.75 Å². The predicted octanol–water partition coefficient (Wildman–Crippen LogP) is 3.21. The summed E-state index contributed by atoms with van der Waals surface area (Å²) in [5, 5.41) is 2.77. The minimum Gasteiger partial charge on any atom is -0.454 e. The van der Waals surface area contributed by atoms with Crippen LogP contribution in [0.3, 0.4) is 0 Å². The van der Waals surface area contributed by atoms with E-state index >= 15 is 0 Å². The summed E-state index contributed by atoms with van der Waals surface area (Å²) in [6.07, 6.45) is 0. The average molecular weight is 376 g/mol. The van der Waals surface area contributed by atoms with Crippen molar-refractivity contribution < 1.29 is 22.7 Å². The van der Waals surface area contributed by atoms with Crippen LogP contribution in [0.1, 0.15) is 31.1 Å². The molecule has 1 amide bonds. The summed E-state index contributed by atoms with van der Waals surface area (Å²) in [6, 6.07) is 11.4. The maximum absolute atomic E-state index is 12.3. The zero-order chi connectivity index (χ0) is 18.9. The molecular formula is C18H20N2O5S. The summed E-state index contributed by atoms with van der Waals surface area (Å²) in [5.41, 5.74) is 1.39. The number of nitrogens with one attached hydrogen (secondary N) is 2. The first-order valence-electron chi connectivity index (χ1n) is 7.99. The van der Waals surface area contributed by atoms with Gasteiger partial charge >= 0.3 is 0 Å². The van der Waals surface area contributed by atoms with Gasteiger partial charge in [-0.3, -0.25) is 9.52 Å². The zero-order valence-corrected chi connectivity index (χ0v) is 15.5. The van der Waals surface area contributed by atoms with Gasteiger partial charge in [0.1, 0.15) is 0 Å². The molecule has 0 aliphatic carbocycles. The normalized spacial score (nSPS) is 13.3. The number of carbonyl (C=O) groups is 1. The molecule has 1 heterocycles. The minimum atomic E-state index is -3.51. The number of carbonyl (C=O) groups excluding carboxylic acids is 1. The van der Waals surface area contributed by atoms with Crippen molar-refractivity contribution in [3.63, 3.8) is 0 Å². The SMILES string of the molecule is CC(C)(C)S(=O)(=O)Nc1ccc(C(=O)Nc2ccc3c(c2)OCO3)cc1. The molecule has 2 aromatic rings. The molecular weight excluding hydrogens is 356 g/mol. The zero-order valence-electron chi connectivity index (χ0n) is 14.7. The van der Waals surface area contributed by atoms with Crippen molar-refractivity contribution in [1.82, 2.24) is 0 Å². The van der Waals surface area contributed by atoms with E-state index in [2.05, 4.69) is 10.0 Å². The van der Waals surface area contributed by atoms with Gasteiger partial charge in [-0.15, -0.1) is 0 Å². The number of amides is 1. The van der Waals surface area contributed by atoms with Crippen LogP contribution in [0.5, 0.6) is 11.5 Å². The highest BCUT2D eigenvalue weighted by atomic mass is 32.2. The molecule has 0 atom stereocenters. The Morgan fingerprint density at radius 1 is 0.962 bits per heavy atom. The molecule has 0 radical (unpaired) electrons. The third-order valence-electron chi connectivity index (χ3n) is 3.84. The molecule has 0 spiro atoms. The quantitative estimate of drug-likeness (QED) is 0.855. The third-order valence-corrected chi connectivity index (χ3v) is 5.95. The Bertz CT molecular complexity index is 931. The molecule has 3 rings (SSSR count). The number of fused-ring (bicyclic) bond motifs is 1. The van der Waals surface area contributed by atoms with Crippen LogP contribution in [0.25, 0.3) is 0 Å². The number of anilines is 2. The molecule has 7 nitrogen and oxygen atoms in total. The van der Waals surface area contributed by atoms with Crippen molar-refractivity contribution in [3.05, 3.63) is 48.0 Å². The molecule has 26 heavy (non-hydrogen) atoms. The molecule has 0 aromatic heterocycles. The first-order valence-corrected chi connectivity index (χ1v) is 9.47. The minimum absolute atomic E-state index is 0.165. The second-order valence-electron chi connectivity index (χ2n) is 6.82. The van der Waals surface area contributed by atoms with Gasteiger partial charge in [-0.2, -0.15) is 0 Å². The summed E-state index contributed by atoms with van der Waals surface area (Å²) in [4.78, 5) is 12.3. The predicted molar refractivity (Wildman–Crippen MR) is 99.3 cm³/mol. The maximum Gasteiger partial charge on any atom is 0.255 e. The molecule has 0 fully saturated rings. The third kappa shape index (κ3) is 3.75. The van der Waals surface area contributed by atoms with E-state index in [1.807, 2.05) is 0 Å². The van der Waals surface area contributed by atoms with E-state index in [0.29, 0.717) is 28.4 Å². The van der Waals surface area contributed by atoms with Gasteiger partial charge in [-0.25, -0.2) is 8.42 Å². The standard InChI is InChI=1S/C18H20N2O5S/c1-18(2,3)26(22,23)20-13-6-4-12(5-7-13)17(21)19-14-8-9-15-16(10-14)25-11-24-15/h4-10,20H,11H2,1-3H3,(H,19,21). The molecule has 2 aromatic carbocycles. The van der Waals surface area contributed by atoms with Crippen LogP contribution in [-0.2, 0) is 10.0 Å². The second-order valence-corrected chi connectivity index (χ2v) is 9.25. The van der Waals surface area contributed by atoms with Crippen molar-refractivity contribution in [2.24, 2.45) is 0 Å². The number of ether oxygens (including phenoxy) is 2. The van der Waals surface area contributed by atoms with Crippen molar-refractivity contribution in [3.8, 4) is 11.5 Å². The molecule has 0 unspecified atom stereocenters. The summed E-state index contributed by atoms with van der Waals surface area (Å²) in [7, 11) is -3.51. The highest BCUT2D eigenvalue weighted by Gasteiger charge is 2.28. The first-order chi connectivity index (χ1) is 12.2. The summed E-state index contributed by atoms with van der Waals surface area (Å²) in [5.74, 6) is 0.905. The Morgan fingerprint density at radius 3 is 2.23 bits per heavy atom. The number of hydrogen-bond donors (Lipinski definition) is 2. The van der Waals surface area contributed by atoms with E-state index < -0.39 is 14.8 Å². The monoisotopic (exact) mass is 376 g/mol. The summed E-state index contributed by atoms with van der Waals surface area (Å²) < 4.78 is 36.4. The highest BCUT2D eigenvalue weighted by molar-refractivity contribution is 7.94. The summed E-state index contributed by atoms with van der Waals surface area (Å²) >= 11 is 0. The Morgan fingerprint density at radius 2 is 1.58 bits per heavy atom. The number of hydrogen-bond acceptors (Lipinski definition) is 5. The largest absolute Gasteiger partial charge is 0.454 e. The maximum atomic E-state index is 12.3. The lowest BCUT2D eigenvalue weighted by atomic mass is 10.2. The Labute approximate surface area is 152 Å². The average Bonchev–Trinajstić information content (AvgIpc) is 3.01. The van der Waals surface area contributed by atoms with E-state index in [9.17, 15) is 13.2 Å². The fourth-order valence-electron chi connectivity index (χ4n) is 2.18. The van der Waals surface area contributed by atoms with Crippen molar-refractivity contribution in [2.75, 3.05) is 16.8 Å². The van der Waals surface area contributed by atoms with Gasteiger partial charge in [0.25, 0.3) is 5.91 Å². The number of rotatable bonds is 4. The molecule has 1 aliphatic rings. The van der Waals surface area contributed by atoms with E-state index in [0.717, 1.165) is 0 Å². The van der Waals surface area contributed by atoms with Crippen molar-refractivity contribution in [2.45, 2.75) is 25.5 Å². The first kappa shape index (κ1) is 18.1. The van der Waals surface area contributed by atoms with Crippen molar-refractivity contribution >= 4 is 27.3 Å². The van der Waals surface area contributed by atoms with Crippen LogP contribution in [0.15, 0.2) is 42.5 Å². The van der Waals surface area contributed by atoms with E-state index in [-0.39, 0.29) is 12.7 Å². The van der Waals surface area contributed by atoms with Gasteiger partial charge in [-0.05, 0) is 57.2 Å². The second kappa shape index (κ2) is 6.53. The van der Waals surface area contributed by atoms with Crippen LogP contribution >= 0.6 is 0 Å². The number of benzene rings is 2. The topological polar surface area (TPSA) is 93.7 Å². The van der Waals surface area contributed by atoms with E-state index in [4.69, 9.17) is 9.47 Å². The van der Waals surface area contributed by atoms with Crippen LogP contribution in [0.4, 0.5) is 11.4 Å². The number of sulfonamides is 1. The lowest BCUT2D eigenvalue weighted by molar-refractivity contribution is 0.102. The van der Waals surface area contributed by atoms with Gasteiger partial charge in [0, 0.05) is 23.0 Å². The Hall–Kier alpha value is -2.74. The van der Waals surface area contributed by atoms with Gasteiger partial charge in [0.2, 0.25) is 16.8 Å². The fourth-order valence-corrected chi connectivity index (χ4v) is 2.93. The molecule has 1 aliphatic heterocycles. The van der Waals surface area contributed by atoms with Crippen molar-refractivity contribution in [1.29, 1.82) is 0 Å². The van der Waals surface area contributed by atoms with Gasteiger partial charge < -0.3 is 14.8 Å². The Kier molecular flexibility index (Phi) is 4.53. The molecule has 0 saturated carbocycles. The smallest absolute Gasteiger partial charge is 0.255 e. The summed E-state index contributed by atoms with van der Waals surface area (Å²) in [6.45, 7) is 5.01. The van der Waals surface area contributed by atoms with Gasteiger partial charge in [-0.1, -0.05) is 0 Å². The molecule has 8 heteroatoms. The van der Waals surface area contributed by atoms with Crippen LogP contribution in [-0.4, -0.2) is 25.9 Å². The van der Waals surface area contributed by atoms with Gasteiger partial charge in [0.15, 0.2) is 11.5 Å². The molecule has 0 bridgehead atoms. The van der Waals surface area contributed by atoms with E-state index in [1.165, 1.54) is 0 Å². The lowest BCUT2D eigenvalue weighted by Crippen LogP contribution is -2.33. The lowest BCUT2D eigenvalue weighted by Gasteiger charge is -2.20.